The van der Waals surface area contributed by atoms with Gasteiger partial charge in [0.2, 0.25) is 5.76 Å². The number of aromatic carboxylic acids is 1. The van der Waals surface area contributed by atoms with E-state index in [1.54, 1.807) is 18.2 Å². The molecule has 0 radical (unpaired) electrons. The van der Waals surface area contributed by atoms with Crippen LogP contribution in [-0.4, -0.2) is 30.3 Å². The summed E-state index contributed by atoms with van der Waals surface area (Å²) in [6.07, 6.45) is 3.57. The fraction of sp³-hybridized carbons (Fsp3) is 0.167. The maximum absolute atomic E-state index is 12.1. The Morgan fingerprint density at radius 2 is 1.67 bits per heavy atom. The summed E-state index contributed by atoms with van der Waals surface area (Å²) in [6, 6.07) is 19.4. The molecule has 6 nitrogen and oxygen atoms in total. The van der Waals surface area contributed by atoms with Crippen molar-refractivity contribution in [2.75, 3.05) is 13.2 Å². The first-order valence-corrected chi connectivity index (χ1v) is 9.72. The van der Waals surface area contributed by atoms with Gasteiger partial charge in [-0.2, -0.15) is 0 Å². The van der Waals surface area contributed by atoms with Gasteiger partial charge in [-0.05, 0) is 46.9 Å². The lowest BCUT2D eigenvalue weighted by Crippen LogP contribution is -2.26. The molecule has 0 saturated heterocycles. The number of benzene rings is 2. The Morgan fingerprint density at radius 3 is 2.30 bits per heavy atom. The van der Waals surface area contributed by atoms with Crippen LogP contribution < -0.4 is 5.32 Å². The van der Waals surface area contributed by atoms with Crippen molar-refractivity contribution in [1.29, 1.82) is 0 Å². The van der Waals surface area contributed by atoms with Gasteiger partial charge in [-0.1, -0.05) is 54.6 Å². The molecular weight excluding hydrogens is 382 g/mol. The molecule has 2 aromatic carbocycles. The summed E-state index contributed by atoms with van der Waals surface area (Å²) in [4.78, 5) is 22.9. The number of carboxylic acid groups (broad SMARTS) is 1. The largest absolute Gasteiger partial charge is 0.475 e. The van der Waals surface area contributed by atoms with Crippen molar-refractivity contribution in [3.05, 3.63) is 89.4 Å². The smallest absolute Gasteiger partial charge is 0.407 e. The standard InChI is InChI=1S/C24H21NO5/c26-23(27)22-13-12-16(30-22)7-5-6-14-25-24(28)29-15-21-19-10-3-1-8-17(19)18-9-2-4-11-20(18)21/h1-5,7-13,21H,6,14-15H2,(H,25,28)(H,26,27). The lowest BCUT2D eigenvalue weighted by Gasteiger charge is -2.14. The number of amides is 1. The summed E-state index contributed by atoms with van der Waals surface area (Å²) in [6.45, 7) is 0.680. The van der Waals surface area contributed by atoms with Crippen LogP contribution in [0, 0.1) is 0 Å². The Bertz CT molecular complexity index is 1050. The normalized spacial score (nSPS) is 12.5. The summed E-state index contributed by atoms with van der Waals surface area (Å²) in [5, 5.41) is 11.6. The molecule has 0 bridgehead atoms. The molecule has 6 heteroatoms. The zero-order chi connectivity index (χ0) is 20.9. The van der Waals surface area contributed by atoms with E-state index < -0.39 is 12.1 Å². The zero-order valence-electron chi connectivity index (χ0n) is 16.2. The second kappa shape index (κ2) is 8.69. The Hall–Kier alpha value is -3.80. The minimum absolute atomic E-state index is 0.0328. The van der Waals surface area contributed by atoms with Crippen LogP contribution >= 0.6 is 0 Å². The van der Waals surface area contributed by atoms with Gasteiger partial charge in [-0.25, -0.2) is 9.59 Å². The van der Waals surface area contributed by atoms with E-state index in [9.17, 15) is 9.59 Å². The molecule has 1 heterocycles. The highest BCUT2D eigenvalue weighted by Gasteiger charge is 2.28. The SMILES string of the molecule is O=C(NCCC=Cc1ccc(C(=O)O)o1)OCC1c2ccccc2-c2ccccc21. The van der Waals surface area contributed by atoms with Crippen molar-refractivity contribution in [2.24, 2.45) is 0 Å². The molecule has 1 aliphatic carbocycles. The van der Waals surface area contributed by atoms with Crippen LogP contribution in [0.25, 0.3) is 17.2 Å². The van der Waals surface area contributed by atoms with Crippen LogP contribution in [0.1, 0.15) is 39.8 Å². The second-order valence-corrected chi connectivity index (χ2v) is 6.95. The predicted octanol–water partition coefficient (Wildman–Crippen LogP) is 4.92. The van der Waals surface area contributed by atoms with Crippen molar-refractivity contribution < 1.29 is 23.8 Å². The summed E-state index contributed by atoms with van der Waals surface area (Å²) < 4.78 is 10.6. The third-order valence-corrected chi connectivity index (χ3v) is 5.04. The first-order chi connectivity index (χ1) is 14.6. The first-order valence-electron chi connectivity index (χ1n) is 9.72. The first kappa shape index (κ1) is 19.5. The molecule has 1 aliphatic rings. The number of ether oxygens (including phenoxy) is 1. The van der Waals surface area contributed by atoms with E-state index in [0.29, 0.717) is 18.7 Å². The number of furan rings is 1. The van der Waals surface area contributed by atoms with Crippen LogP contribution in [0.5, 0.6) is 0 Å². The highest BCUT2D eigenvalue weighted by Crippen LogP contribution is 2.44. The van der Waals surface area contributed by atoms with Gasteiger partial charge in [-0.3, -0.25) is 0 Å². The van der Waals surface area contributed by atoms with E-state index in [-0.39, 0.29) is 18.3 Å². The van der Waals surface area contributed by atoms with Crippen LogP contribution in [0.4, 0.5) is 4.79 Å². The molecule has 0 saturated carbocycles. The third kappa shape index (κ3) is 4.12. The van der Waals surface area contributed by atoms with Crippen LogP contribution in [0.2, 0.25) is 0 Å². The molecule has 0 aliphatic heterocycles. The van der Waals surface area contributed by atoms with Gasteiger partial charge >= 0.3 is 12.1 Å². The highest BCUT2D eigenvalue weighted by atomic mass is 16.5. The second-order valence-electron chi connectivity index (χ2n) is 6.95. The number of hydrogen-bond donors (Lipinski definition) is 2. The van der Waals surface area contributed by atoms with Crippen LogP contribution in [0.15, 0.2) is 71.2 Å². The lowest BCUT2D eigenvalue weighted by atomic mass is 9.98. The molecule has 4 rings (SSSR count). The van der Waals surface area contributed by atoms with Crippen molar-refractivity contribution in [3.8, 4) is 11.1 Å². The van der Waals surface area contributed by atoms with E-state index in [1.165, 1.54) is 28.3 Å². The fourth-order valence-corrected chi connectivity index (χ4v) is 3.66. The topological polar surface area (TPSA) is 88.8 Å². The van der Waals surface area contributed by atoms with Gasteiger partial charge in [0, 0.05) is 12.5 Å². The van der Waals surface area contributed by atoms with Gasteiger partial charge < -0.3 is 19.6 Å². The van der Waals surface area contributed by atoms with Crippen LogP contribution in [0.3, 0.4) is 0 Å². The summed E-state index contributed by atoms with van der Waals surface area (Å²) in [5.41, 5.74) is 4.73. The van der Waals surface area contributed by atoms with Gasteiger partial charge in [0.25, 0.3) is 0 Å². The number of fused-ring (bicyclic) bond motifs is 3. The molecule has 152 valence electrons. The molecule has 2 N–H and O–H groups in total. The average Bonchev–Trinajstić information content (AvgIpc) is 3.35. The van der Waals surface area contributed by atoms with E-state index in [4.69, 9.17) is 14.3 Å². The van der Waals surface area contributed by atoms with Crippen molar-refractivity contribution in [3.63, 3.8) is 0 Å². The van der Waals surface area contributed by atoms with Crippen molar-refractivity contribution >= 4 is 18.1 Å². The van der Waals surface area contributed by atoms with Crippen LogP contribution in [-0.2, 0) is 4.74 Å². The number of carbonyl (C=O) groups is 2. The maximum atomic E-state index is 12.1. The number of rotatable bonds is 7. The predicted molar refractivity (Wildman–Crippen MR) is 112 cm³/mol. The Balaban J connectivity index is 1.26. The molecule has 30 heavy (non-hydrogen) atoms. The van der Waals surface area contributed by atoms with E-state index in [2.05, 4.69) is 29.6 Å². The van der Waals surface area contributed by atoms with Gasteiger partial charge in [0.05, 0.1) is 0 Å². The maximum Gasteiger partial charge on any atom is 0.407 e. The number of nitrogens with one attached hydrogen (secondary N) is 1. The number of carbonyl (C=O) groups excluding carboxylic acids is 1. The molecule has 0 atom stereocenters. The minimum atomic E-state index is -1.11. The van der Waals surface area contributed by atoms with Gasteiger partial charge in [0.15, 0.2) is 0 Å². The van der Waals surface area contributed by atoms with Gasteiger partial charge in [-0.15, -0.1) is 0 Å². The van der Waals surface area contributed by atoms with Crippen molar-refractivity contribution in [1.82, 2.24) is 5.32 Å². The quantitative estimate of drug-likeness (QED) is 0.547. The Morgan fingerprint density at radius 1 is 1.00 bits per heavy atom. The summed E-state index contributed by atoms with van der Waals surface area (Å²) in [5.74, 6) is -0.725. The monoisotopic (exact) mass is 403 g/mol. The molecule has 0 unspecified atom stereocenters. The number of hydrogen-bond acceptors (Lipinski definition) is 4. The zero-order valence-corrected chi connectivity index (χ0v) is 16.2. The molecule has 3 aromatic rings. The van der Waals surface area contributed by atoms with E-state index in [0.717, 1.165) is 0 Å². The number of alkyl carbamates (subject to hydrolysis) is 1. The van der Waals surface area contributed by atoms with E-state index in [1.807, 2.05) is 24.3 Å². The minimum Gasteiger partial charge on any atom is -0.475 e. The fourth-order valence-electron chi connectivity index (χ4n) is 3.66. The van der Waals surface area contributed by atoms with E-state index >= 15 is 0 Å². The summed E-state index contributed by atoms with van der Waals surface area (Å²) in [7, 11) is 0. The Labute approximate surface area is 173 Å². The number of carboxylic acids is 1. The third-order valence-electron chi connectivity index (χ3n) is 5.04. The molecule has 0 spiro atoms. The molecular formula is C24H21NO5. The Kier molecular flexibility index (Phi) is 5.66. The highest BCUT2D eigenvalue weighted by molar-refractivity contribution is 5.84. The van der Waals surface area contributed by atoms with Gasteiger partial charge in [0.1, 0.15) is 12.4 Å². The average molecular weight is 403 g/mol. The summed E-state index contributed by atoms with van der Waals surface area (Å²) >= 11 is 0. The van der Waals surface area contributed by atoms with Crippen molar-refractivity contribution in [2.45, 2.75) is 12.3 Å². The molecule has 0 fully saturated rings. The molecule has 1 aromatic heterocycles. The molecule has 1 amide bonds. The lowest BCUT2D eigenvalue weighted by molar-refractivity contribution is 0.0662.